The van der Waals surface area contributed by atoms with Crippen molar-refractivity contribution < 1.29 is 14.0 Å². The molecule has 0 saturated carbocycles. The molecule has 7 heteroatoms. The van der Waals surface area contributed by atoms with E-state index in [4.69, 9.17) is 14.0 Å². The zero-order valence-electron chi connectivity index (χ0n) is 13.6. The largest absolute Gasteiger partial charge is 0.497 e. The standard InChI is InChI=1S/C17H18N4O3/c1-3-16-18-17(24-20-16)14-8-12-10-23-15(9-21(12)19-14)11-4-6-13(22-2)7-5-11/h4-8,15H,3,9-10H2,1-2H3/t15-/m1/s1. The van der Waals surface area contributed by atoms with Crippen LogP contribution in [0.2, 0.25) is 0 Å². The Labute approximate surface area is 139 Å². The van der Waals surface area contributed by atoms with Gasteiger partial charge in [-0.2, -0.15) is 10.1 Å². The molecule has 124 valence electrons. The fraction of sp³-hybridized carbons (Fsp3) is 0.353. The molecule has 1 aliphatic heterocycles. The van der Waals surface area contributed by atoms with Crippen LogP contribution in [0.25, 0.3) is 11.6 Å². The number of aromatic nitrogens is 4. The van der Waals surface area contributed by atoms with Crippen LogP contribution in [0.3, 0.4) is 0 Å². The highest BCUT2D eigenvalue weighted by Gasteiger charge is 2.24. The first-order chi connectivity index (χ1) is 11.8. The highest BCUT2D eigenvalue weighted by atomic mass is 16.5. The highest BCUT2D eigenvalue weighted by molar-refractivity contribution is 5.47. The van der Waals surface area contributed by atoms with Gasteiger partial charge in [-0.15, -0.1) is 0 Å². The van der Waals surface area contributed by atoms with Crippen LogP contribution in [0.15, 0.2) is 34.9 Å². The van der Waals surface area contributed by atoms with Crippen LogP contribution in [0.1, 0.15) is 30.1 Å². The molecule has 0 radical (unpaired) electrons. The van der Waals surface area contributed by atoms with Gasteiger partial charge in [0.15, 0.2) is 11.5 Å². The maximum Gasteiger partial charge on any atom is 0.278 e. The molecule has 24 heavy (non-hydrogen) atoms. The average molecular weight is 326 g/mol. The molecule has 0 unspecified atom stereocenters. The topological polar surface area (TPSA) is 75.2 Å². The molecule has 1 aliphatic rings. The second kappa shape index (κ2) is 6.09. The lowest BCUT2D eigenvalue weighted by Crippen LogP contribution is -2.21. The van der Waals surface area contributed by atoms with Gasteiger partial charge in [0.25, 0.3) is 5.89 Å². The first kappa shape index (κ1) is 14.9. The number of hydrogen-bond donors (Lipinski definition) is 0. The number of nitrogens with zero attached hydrogens (tertiary/aromatic N) is 4. The fourth-order valence-electron chi connectivity index (χ4n) is 2.75. The minimum absolute atomic E-state index is 0.0370. The Kier molecular flexibility index (Phi) is 3.78. The molecule has 4 rings (SSSR count). The molecule has 3 aromatic rings. The molecule has 2 aromatic heterocycles. The highest BCUT2D eigenvalue weighted by Crippen LogP contribution is 2.29. The van der Waals surface area contributed by atoms with Crippen molar-refractivity contribution in [2.75, 3.05) is 7.11 Å². The summed E-state index contributed by atoms with van der Waals surface area (Å²) in [6.45, 7) is 3.13. The summed E-state index contributed by atoms with van der Waals surface area (Å²) in [4.78, 5) is 4.33. The van der Waals surface area contributed by atoms with E-state index < -0.39 is 0 Å². The molecule has 0 bridgehead atoms. The molecule has 0 fully saturated rings. The first-order valence-electron chi connectivity index (χ1n) is 7.92. The first-order valence-corrected chi connectivity index (χ1v) is 7.92. The smallest absolute Gasteiger partial charge is 0.278 e. The monoisotopic (exact) mass is 326 g/mol. The van der Waals surface area contributed by atoms with E-state index in [1.165, 1.54) is 0 Å². The fourth-order valence-corrected chi connectivity index (χ4v) is 2.75. The van der Waals surface area contributed by atoms with Gasteiger partial charge in [0.2, 0.25) is 0 Å². The van der Waals surface area contributed by atoms with Crippen molar-refractivity contribution in [2.45, 2.75) is 32.6 Å². The third-order valence-corrected chi connectivity index (χ3v) is 4.13. The summed E-state index contributed by atoms with van der Waals surface area (Å²) in [5.74, 6) is 1.97. The lowest BCUT2D eigenvalue weighted by Gasteiger charge is -2.24. The zero-order chi connectivity index (χ0) is 16.5. The number of rotatable bonds is 4. The van der Waals surface area contributed by atoms with Crippen LogP contribution >= 0.6 is 0 Å². The van der Waals surface area contributed by atoms with E-state index in [2.05, 4.69) is 15.2 Å². The number of benzene rings is 1. The molecule has 1 aromatic carbocycles. The van der Waals surface area contributed by atoms with Crippen molar-refractivity contribution in [3.05, 3.63) is 47.4 Å². The predicted molar refractivity (Wildman–Crippen MR) is 85.4 cm³/mol. The van der Waals surface area contributed by atoms with Crippen molar-refractivity contribution in [3.63, 3.8) is 0 Å². The summed E-state index contributed by atoms with van der Waals surface area (Å²) in [5.41, 5.74) is 2.80. The van der Waals surface area contributed by atoms with Crippen LogP contribution in [0.5, 0.6) is 5.75 Å². The van der Waals surface area contributed by atoms with Gasteiger partial charge in [-0.3, -0.25) is 4.68 Å². The van der Waals surface area contributed by atoms with E-state index >= 15 is 0 Å². The number of hydrogen-bond acceptors (Lipinski definition) is 6. The summed E-state index contributed by atoms with van der Waals surface area (Å²) < 4.78 is 18.4. The van der Waals surface area contributed by atoms with Crippen molar-refractivity contribution in [1.29, 1.82) is 0 Å². The summed E-state index contributed by atoms with van der Waals surface area (Å²) >= 11 is 0. The Morgan fingerprint density at radius 2 is 2.12 bits per heavy atom. The summed E-state index contributed by atoms with van der Waals surface area (Å²) in [6, 6.07) is 9.85. The maximum atomic E-state index is 5.97. The normalized spacial score (nSPS) is 16.8. The average Bonchev–Trinajstić information content (AvgIpc) is 3.27. The van der Waals surface area contributed by atoms with E-state index in [9.17, 15) is 0 Å². The van der Waals surface area contributed by atoms with Gasteiger partial charge in [0.1, 0.15) is 11.9 Å². The van der Waals surface area contributed by atoms with Gasteiger partial charge in [-0.05, 0) is 23.8 Å². The molecule has 3 heterocycles. The van der Waals surface area contributed by atoms with E-state index in [0.717, 1.165) is 23.4 Å². The predicted octanol–water partition coefficient (Wildman–Crippen LogP) is 2.78. The molecule has 0 N–H and O–H groups in total. The van der Waals surface area contributed by atoms with Gasteiger partial charge in [0, 0.05) is 6.42 Å². The van der Waals surface area contributed by atoms with Crippen LogP contribution in [0, 0.1) is 0 Å². The van der Waals surface area contributed by atoms with Crippen LogP contribution < -0.4 is 4.74 Å². The lowest BCUT2D eigenvalue weighted by molar-refractivity contribution is -0.00115. The van der Waals surface area contributed by atoms with Gasteiger partial charge in [-0.25, -0.2) is 0 Å². The SMILES string of the molecule is CCc1noc(-c2cc3n(n2)C[C@H](c2ccc(OC)cc2)OC3)n1. The Balaban J connectivity index is 1.56. The Morgan fingerprint density at radius 3 is 2.83 bits per heavy atom. The number of aryl methyl sites for hydroxylation is 1. The number of methoxy groups -OCH3 is 1. The maximum absolute atomic E-state index is 5.97. The molecule has 0 amide bonds. The minimum atomic E-state index is -0.0370. The number of fused-ring (bicyclic) bond motifs is 1. The summed E-state index contributed by atoms with van der Waals surface area (Å²) in [6.07, 6.45) is 0.699. The van der Waals surface area contributed by atoms with E-state index in [-0.39, 0.29) is 6.10 Å². The Hall–Kier alpha value is -2.67. The third kappa shape index (κ3) is 2.67. The third-order valence-electron chi connectivity index (χ3n) is 4.13. The van der Waals surface area contributed by atoms with Crippen molar-refractivity contribution in [3.8, 4) is 17.3 Å². The molecule has 1 atom stereocenters. The van der Waals surface area contributed by atoms with Crippen LogP contribution in [-0.2, 0) is 24.3 Å². The second-order valence-corrected chi connectivity index (χ2v) is 5.65. The molecule has 0 spiro atoms. The lowest BCUT2D eigenvalue weighted by atomic mass is 10.1. The zero-order valence-corrected chi connectivity index (χ0v) is 13.6. The van der Waals surface area contributed by atoms with Gasteiger partial charge >= 0.3 is 0 Å². The van der Waals surface area contributed by atoms with Gasteiger partial charge in [-0.1, -0.05) is 24.2 Å². The number of ether oxygens (including phenoxy) is 2. The van der Waals surface area contributed by atoms with Gasteiger partial charge < -0.3 is 14.0 Å². The van der Waals surface area contributed by atoms with Crippen LogP contribution in [0.4, 0.5) is 0 Å². The van der Waals surface area contributed by atoms with Crippen LogP contribution in [-0.4, -0.2) is 27.0 Å². The minimum Gasteiger partial charge on any atom is -0.497 e. The molecule has 0 saturated heterocycles. The quantitative estimate of drug-likeness (QED) is 0.734. The molecular weight excluding hydrogens is 308 g/mol. The molecule has 0 aliphatic carbocycles. The molecule has 7 nitrogen and oxygen atoms in total. The van der Waals surface area contributed by atoms with Crippen molar-refractivity contribution in [1.82, 2.24) is 19.9 Å². The Morgan fingerprint density at radius 1 is 1.29 bits per heavy atom. The van der Waals surface area contributed by atoms with Crippen molar-refractivity contribution >= 4 is 0 Å². The van der Waals surface area contributed by atoms with Gasteiger partial charge in [0.05, 0.1) is 26.0 Å². The Bertz CT molecular complexity index is 838. The summed E-state index contributed by atoms with van der Waals surface area (Å²) in [5, 5.41) is 8.51. The molecular formula is C17H18N4O3. The van der Waals surface area contributed by atoms with E-state index in [1.807, 2.05) is 41.9 Å². The summed E-state index contributed by atoms with van der Waals surface area (Å²) in [7, 11) is 1.66. The van der Waals surface area contributed by atoms with Crippen molar-refractivity contribution in [2.24, 2.45) is 0 Å². The van der Waals surface area contributed by atoms with E-state index in [1.54, 1.807) is 7.11 Å². The second-order valence-electron chi connectivity index (χ2n) is 5.65. The van der Waals surface area contributed by atoms with E-state index in [0.29, 0.717) is 30.6 Å².